The van der Waals surface area contributed by atoms with Crippen molar-refractivity contribution in [1.29, 1.82) is 0 Å². The number of rotatable bonds is 5. The summed E-state index contributed by atoms with van der Waals surface area (Å²) in [5, 5.41) is 2.52. The van der Waals surface area contributed by atoms with Crippen LogP contribution < -0.4 is 5.32 Å². The number of carbonyl (C=O) groups is 2. The van der Waals surface area contributed by atoms with E-state index in [0.717, 1.165) is 0 Å². The number of sulfone groups is 1. The summed E-state index contributed by atoms with van der Waals surface area (Å²) in [5.41, 5.74) is 0.911. The van der Waals surface area contributed by atoms with E-state index in [2.05, 4.69) is 5.32 Å². The zero-order chi connectivity index (χ0) is 17.7. The third-order valence-corrected chi connectivity index (χ3v) is 4.88. The zero-order valence-corrected chi connectivity index (χ0v) is 14.2. The fourth-order valence-corrected chi connectivity index (χ4v) is 3.19. The first-order valence-corrected chi connectivity index (χ1v) is 8.84. The minimum Gasteiger partial charge on any atom is -0.345 e. The Morgan fingerprint density at radius 2 is 1.54 bits per heavy atom. The highest BCUT2D eigenvalue weighted by atomic mass is 32.2. The van der Waals surface area contributed by atoms with Crippen LogP contribution in [0.2, 0.25) is 0 Å². The van der Waals surface area contributed by atoms with Gasteiger partial charge in [0.25, 0.3) is 5.91 Å². The van der Waals surface area contributed by atoms with Gasteiger partial charge in [-0.15, -0.1) is 0 Å². The van der Waals surface area contributed by atoms with Crippen LogP contribution in [0.5, 0.6) is 0 Å². The van der Waals surface area contributed by atoms with Gasteiger partial charge in [-0.1, -0.05) is 18.2 Å². The van der Waals surface area contributed by atoms with Crippen molar-refractivity contribution in [3.05, 3.63) is 60.2 Å². The van der Waals surface area contributed by atoms with Gasteiger partial charge < -0.3 is 10.2 Å². The molecule has 0 saturated carbocycles. The summed E-state index contributed by atoms with van der Waals surface area (Å²) in [4.78, 5) is 25.3. The number of nitrogens with one attached hydrogen (secondary N) is 1. The number of nitrogens with zero attached hydrogens (tertiary/aromatic N) is 1. The van der Waals surface area contributed by atoms with Gasteiger partial charge >= 0.3 is 0 Å². The molecule has 2 aromatic carbocycles. The highest BCUT2D eigenvalue weighted by Gasteiger charge is 2.19. The summed E-state index contributed by atoms with van der Waals surface area (Å²) in [5.74, 6) is -1.43. The van der Waals surface area contributed by atoms with Crippen LogP contribution in [0.4, 0.5) is 5.69 Å². The van der Waals surface area contributed by atoms with E-state index in [0.29, 0.717) is 11.3 Å². The molecule has 1 N–H and O–H groups in total. The molecule has 0 aliphatic heterocycles. The summed E-state index contributed by atoms with van der Waals surface area (Å²) in [6, 6.07) is 14.1. The second-order valence-corrected chi connectivity index (χ2v) is 7.39. The first-order valence-electron chi connectivity index (χ1n) is 7.19. The number of benzene rings is 2. The predicted molar refractivity (Wildman–Crippen MR) is 91.6 cm³/mol. The molecule has 6 nitrogen and oxygen atoms in total. The molecular formula is C17H18N2O4S. The number of hydrogen-bond donors (Lipinski definition) is 1. The smallest absolute Gasteiger partial charge is 0.253 e. The van der Waals surface area contributed by atoms with Crippen molar-refractivity contribution in [2.24, 2.45) is 0 Å². The lowest BCUT2D eigenvalue weighted by molar-refractivity contribution is -0.113. The van der Waals surface area contributed by atoms with Gasteiger partial charge in [0.15, 0.2) is 9.84 Å². The molecule has 0 radical (unpaired) electrons. The Hall–Kier alpha value is -2.67. The number of hydrogen-bond acceptors (Lipinski definition) is 4. The highest BCUT2D eigenvalue weighted by Crippen LogP contribution is 2.13. The maximum Gasteiger partial charge on any atom is 0.253 e. The van der Waals surface area contributed by atoms with E-state index in [1.165, 1.54) is 17.0 Å². The van der Waals surface area contributed by atoms with Crippen molar-refractivity contribution in [1.82, 2.24) is 4.90 Å². The molecular weight excluding hydrogens is 328 g/mol. The van der Waals surface area contributed by atoms with E-state index in [4.69, 9.17) is 0 Å². The molecule has 2 rings (SSSR count). The average Bonchev–Trinajstić information content (AvgIpc) is 2.55. The van der Waals surface area contributed by atoms with Gasteiger partial charge in [-0.25, -0.2) is 8.42 Å². The van der Waals surface area contributed by atoms with Crippen molar-refractivity contribution in [2.75, 3.05) is 25.2 Å². The molecule has 24 heavy (non-hydrogen) atoms. The lowest BCUT2D eigenvalue weighted by Gasteiger charge is -2.11. The van der Waals surface area contributed by atoms with Crippen molar-refractivity contribution in [3.63, 3.8) is 0 Å². The van der Waals surface area contributed by atoms with Crippen molar-refractivity contribution >= 4 is 27.3 Å². The van der Waals surface area contributed by atoms with Gasteiger partial charge in [0.1, 0.15) is 5.75 Å². The van der Waals surface area contributed by atoms with Gasteiger partial charge in [0.2, 0.25) is 5.91 Å². The second-order valence-electron chi connectivity index (χ2n) is 5.40. The van der Waals surface area contributed by atoms with E-state index in [-0.39, 0.29) is 10.8 Å². The monoisotopic (exact) mass is 346 g/mol. The van der Waals surface area contributed by atoms with Gasteiger partial charge in [-0.3, -0.25) is 9.59 Å². The maximum absolute atomic E-state index is 12.1. The molecule has 0 aromatic heterocycles. The summed E-state index contributed by atoms with van der Waals surface area (Å²) in [7, 11) is -0.395. The standard InChI is InChI=1S/C17H18N2O4S/c1-19(2)17(21)13-8-10-14(11-9-13)18-16(20)12-24(22,23)15-6-4-3-5-7-15/h3-11H,12H2,1-2H3,(H,18,20). The number of amides is 2. The maximum atomic E-state index is 12.1. The summed E-state index contributed by atoms with van der Waals surface area (Å²) < 4.78 is 24.3. The molecule has 2 amide bonds. The Morgan fingerprint density at radius 3 is 2.08 bits per heavy atom. The fourth-order valence-electron chi connectivity index (χ4n) is 2.04. The lowest BCUT2D eigenvalue weighted by atomic mass is 10.2. The van der Waals surface area contributed by atoms with E-state index < -0.39 is 21.5 Å². The Labute approximate surface area is 141 Å². The molecule has 2 aromatic rings. The van der Waals surface area contributed by atoms with Crippen LogP contribution in [0.3, 0.4) is 0 Å². The molecule has 0 fully saturated rings. The quantitative estimate of drug-likeness (QED) is 0.895. The van der Waals surface area contributed by atoms with E-state index in [9.17, 15) is 18.0 Å². The van der Waals surface area contributed by atoms with Crippen LogP contribution in [0, 0.1) is 0 Å². The molecule has 0 aliphatic rings. The molecule has 0 unspecified atom stereocenters. The average molecular weight is 346 g/mol. The minimum atomic E-state index is -3.69. The topological polar surface area (TPSA) is 83.6 Å². The molecule has 126 valence electrons. The summed E-state index contributed by atoms with van der Waals surface area (Å²) >= 11 is 0. The Kier molecular flexibility index (Phi) is 5.35. The van der Waals surface area contributed by atoms with Gasteiger partial charge in [0.05, 0.1) is 4.90 Å². The first-order chi connectivity index (χ1) is 11.3. The van der Waals surface area contributed by atoms with Crippen molar-refractivity contribution < 1.29 is 18.0 Å². The summed E-state index contributed by atoms with van der Waals surface area (Å²) in [6.45, 7) is 0. The van der Waals surface area contributed by atoms with Crippen LogP contribution in [-0.2, 0) is 14.6 Å². The van der Waals surface area contributed by atoms with Crippen molar-refractivity contribution in [2.45, 2.75) is 4.90 Å². The number of anilines is 1. The Bertz CT molecular complexity index is 829. The lowest BCUT2D eigenvalue weighted by Crippen LogP contribution is -2.23. The molecule has 0 aliphatic carbocycles. The van der Waals surface area contributed by atoms with Crippen LogP contribution in [-0.4, -0.2) is 45.0 Å². The predicted octanol–water partition coefficient (Wildman–Crippen LogP) is 1.80. The van der Waals surface area contributed by atoms with Gasteiger partial charge in [-0.2, -0.15) is 0 Å². The molecule has 0 bridgehead atoms. The third-order valence-electron chi connectivity index (χ3n) is 3.25. The highest BCUT2D eigenvalue weighted by molar-refractivity contribution is 7.92. The molecule has 0 heterocycles. The Balaban J connectivity index is 2.04. The van der Waals surface area contributed by atoms with Gasteiger partial charge in [0, 0.05) is 25.3 Å². The Morgan fingerprint density at radius 1 is 0.958 bits per heavy atom. The van der Waals surface area contributed by atoms with Gasteiger partial charge in [-0.05, 0) is 36.4 Å². The van der Waals surface area contributed by atoms with Crippen LogP contribution in [0.25, 0.3) is 0 Å². The third kappa shape index (κ3) is 4.42. The van der Waals surface area contributed by atoms with E-state index in [1.54, 1.807) is 56.6 Å². The van der Waals surface area contributed by atoms with E-state index >= 15 is 0 Å². The molecule has 7 heteroatoms. The normalized spacial score (nSPS) is 10.9. The SMILES string of the molecule is CN(C)C(=O)c1ccc(NC(=O)CS(=O)(=O)c2ccccc2)cc1. The van der Waals surface area contributed by atoms with Crippen molar-refractivity contribution in [3.8, 4) is 0 Å². The zero-order valence-electron chi connectivity index (χ0n) is 13.4. The molecule has 0 saturated heterocycles. The second kappa shape index (κ2) is 7.27. The van der Waals surface area contributed by atoms with Crippen LogP contribution >= 0.6 is 0 Å². The van der Waals surface area contributed by atoms with Crippen LogP contribution in [0.1, 0.15) is 10.4 Å². The fraction of sp³-hybridized carbons (Fsp3) is 0.176. The molecule has 0 atom stereocenters. The number of carbonyl (C=O) groups excluding carboxylic acids is 2. The summed E-state index contributed by atoms with van der Waals surface area (Å²) in [6.07, 6.45) is 0. The molecule has 0 spiro atoms. The van der Waals surface area contributed by atoms with E-state index in [1.807, 2.05) is 0 Å². The van der Waals surface area contributed by atoms with Crippen LogP contribution in [0.15, 0.2) is 59.5 Å². The largest absolute Gasteiger partial charge is 0.345 e. The minimum absolute atomic E-state index is 0.104. The first kappa shape index (κ1) is 17.7.